The number of imidazole rings is 1. The van der Waals surface area contributed by atoms with E-state index >= 15 is 0 Å². The van der Waals surface area contributed by atoms with E-state index in [1.165, 1.54) is 0 Å². The van der Waals surface area contributed by atoms with Gasteiger partial charge in [0, 0.05) is 61.6 Å². The van der Waals surface area contributed by atoms with Crippen molar-refractivity contribution in [2.75, 3.05) is 43.1 Å². The summed E-state index contributed by atoms with van der Waals surface area (Å²) in [4.78, 5) is 25.9. The van der Waals surface area contributed by atoms with Crippen molar-refractivity contribution in [2.24, 2.45) is 10.8 Å². The summed E-state index contributed by atoms with van der Waals surface area (Å²) >= 11 is 6.36. The molecule has 2 aromatic heterocycles. The summed E-state index contributed by atoms with van der Waals surface area (Å²) in [5.74, 6) is 2.02. The number of carboxylic acids is 1. The molecule has 3 fully saturated rings. The molecule has 1 spiro atoms. The molecule has 1 aliphatic carbocycles. The molecule has 0 unspecified atom stereocenters. The number of anilines is 2. The van der Waals surface area contributed by atoms with Crippen LogP contribution in [0.5, 0.6) is 11.6 Å². The van der Waals surface area contributed by atoms with Crippen molar-refractivity contribution in [1.29, 1.82) is 5.26 Å². The maximum absolute atomic E-state index is 11.7. The topological polar surface area (TPSA) is 117 Å². The van der Waals surface area contributed by atoms with Crippen LogP contribution >= 0.6 is 11.6 Å². The van der Waals surface area contributed by atoms with Crippen LogP contribution in [0, 0.1) is 22.2 Å². The highest BCUT2D eigenvalue weighted by Crippen LogP contribution is 2.52. The second kappa shape index (κ2) is 10.3. The fourth-order valence-corrected chi connectivity index (χ4v) is 6.55. The predicted octanol–water partition coefficient (Wildman–Crippen LogP) is 5.39. The molecule has 43 heavy (non-hydrogen) atoms. The Morgan fingerprint density at radius 3 is 2.56 bits per heavy atom. The number of ether oxygens (including phenoxy) is 2. The first-order valence-corrected chi connectivity index (χ1v) is 14.7. The monoisotopic (exact) mass is 598 g/mol. The van der Waals surface area contributed by atoms with Gasteiger partial charge in [-0.2, -0.15) is 10.2 Å². The zero-order valence-corrected chi connectivity index (χ0v) is 24.5. The van der Waals surface area contributed by atoms with E-state index in [1.54, 1.807) is 31.4 Å². The number of fused-ring (bicyclic) bond motifs is 1. The van der Waals surface area contributed by atoms with E-state index in [-0.39, 0.29) is 16.4 Å². The molecule has 0 radical (unpaired) electrons. The highest BCUT2D eigenvalue weighted by atomic mass is 35.5. The van der Waals surface area contributed by atoms with Gasteiger partial charge in [0.2, 0.25) is 11.8 Å². The quantitative estimate of drug-likeness (QED) is 0.256. The summed E-state index contributed by atoms with van der Waals surface area (Å²) in [7, 11) is 1.61. The van der Waals surface area contributed by atoms with Crippen LogP contribution in [-0.2, 0) is 13.2 Å². The van der Waals surface area contributed by atoms with Gasteiger partial charge in [0.25, 0.3) is 0 Å². The Hall–Kier alpha value is -4.49. The SMILES string of the molecule is COc1ccc(COc2cccc(N3CC4(C3)CN(c3nc5ccc(C(=O)O)cc5n3CC3(CC#N)CC3)C4)n2)c(Cl)c1. The number of aromatic carboxylic acids is 1. The van der Waals surface area contributed by atoms with Gasteiger partial charge in [-0.1, -0.05) is 23.7 Å². The number of rotatable bonds is 10. The van der Waals surface area contributed by atoms with Crippen LogP contribution in [-0.4, -0.2) is 58.9 Å². The molecule has 220 valence electrons. The van der Waals surface area contributed by atoms with Gasteiger partial charge < -0.3 is 28.9 Å². The smallest absolute Gasteiger partial charge is 0.335 e. The minimum atomic E-state index is -0.959. The highest BCUT2D eigenvalue weighted by Gasteiger charge is 2.53. The van der Waals surface area contributed by atoms with Gasteiger partial charge >= 0.3 is 5.97 Å². The third kappa shape index (κ3) is 5.08. The molecular weight excluding hydrogens is 568 g/mol. The number of carbonyl (C=O) groups is 1. The summed E-state index contributed by atoms with van der Waals surface area (Å²) in [6.07, 6.45) is 2.49. The molecule has 2 aromatic carbocycles. The predicted molar refractivity (Wildman–Crippen MR) is 162 cm³/mol. The highest BCUT2D eigenvalue weighted by molar-refractivity contribution is 6.31. The lowest BCUT2D eigenvalue weighted by Gasteiger charge is -2.60. The van der Waals surface area contributed by atoms with Crippen molar-refractivity contribution < 1.29 is 19.4 Å². The number of pyridine rings is 1. The summed E-state index contributed by atoms with van der Waals surface area (Å²) in [6, 6.07) is 18.8. The normalized spacial score (nSPS) is 17.7. The van der Waals surface area contributed by atoms with Crippen molar-refractivity contribution in [3.63, 3.8) is 0 Å². The fraction of sp³-hybridized carbons (Fsp3) is 0.375. The molecule has 11 heteroatoms. The van der Waals surface area contributed by atoms with Crippen LogP contribution in [0.1, 0.15) is 35.2 Å². The van der Waals surface area contributed by atoms with E-state index in [0.29, 0.717) is 36.2 Å². The van der Waals surface area contributed by atoms with Gasteiger partial charge in [-0.05, 0) is 49.2 Å². The zero-order valence-electron chi connectivity index (χ0n) is 23.8. The number of aromatic nitrogens is 3. The Kier molecular flexibility index (Phi) is 6.58. The molecule has 0 amide bonds. The van der Waals surface area contributed by atoms with Gasteiger partial charge in [0.15, 0.2) is 0 Å². The summed E-state index contributed by atoms with van der Waals surface area (Å²) < 4.78 is 13.3. The molecule has 4 heterocycles. The molecule has 2 saturated heterocycles. The van der Waals surface area contributed by atoms with Crippen molar-refractivity contribution in [2.45, 2.75) is 32.4 Å². The average molecular weight is 599 g/mol. The Labute approximate surface area is 254 Å². The number of hydrogen-bond acceptors (Lipinski definition) is 8. The number of methoxy groups -OCH3 is 1. The molecule has 1 saturated carbocycles. The van der Waals surface area contributed by atoms with Gasteiger partial charge in [0.05, 0.1) is 34.8 Å². The van der Waals surface area contributed by atoms with E-state index in [1.807, 2.05) is 30.3 Å². The van der Waals surface area contributed by atoms with Crippen molar-refractivity contribution in [1.82, 2.24) is 14.5 Å². The van der Waals surface area contributed by atoms with E-state index in [9.17, 15) is 15.2 Å². The van der Waals surface area contributed by atoms with E-state index in [0.717, 1.165) is 67.4 Å². The van der Waals surface area contributed by atoms with E-state index < -0.39 is 5.97 Å². The first-order chi connectivity index (χ1) is 20.8. The number of nitriles is 1. The lowest BCUT2D eigenvalue weighted by atomic mass is 9.73. The Bertz CT molecular complexity index is 1760. The largest absolute Gasteiger partial charge is 0.497 e. The first-order valence-electron chi connectivity index (χ1n) is 14.3. The molecular formula is C32H31ClN6O4. The molecule has 0 bridgehead atoms. The number of carboxylic acid groups (broad SMARTS) is 1. The molecule has 1 N–H and O–H groups in total. The molecule has 4 aromatic rings. The Morgan fingerprint density at radius 1 is 1.07 bits per heavy atom. The minimum Gasteiger partial charge on any atom is -0.497 e. The van der Waals surface area contributed by atoms with Gasteiger partial charge in [-0.25, -0.2) is 9.78 Å². The molecule has 2 aliphatic heterocycles. The van der Waals surface area contributed by atoms with Crippen LogP contribution in [0.3, 0.4) is 0 Å². The third-order valence-electron chi connectivity index (χ3n) is 8.94. The number of hydrogen-bond donors (Lipinski definition) is 1. The Balaban J connectivity index is 1.03. The van der Waals surface area contributed by atoms with Gasteiger partial charge in [0.1, 0.15) is 18.2 Å². The number of halogens is 1. The Morgan fingerprint density at radius 2 is 1.86 bits per heavy atom. The van der Waals surface area contributed by atoms with Crippen LogP contribution < -0.4 is 19.3 Å². The standard InChI is InChI=1S/C32H31ClN6O4/c1-42-23-7-5-22(24(33)14-23)15-43-28-4-2-3-27(36-28)37-16-32(17-37)18-38(19-32)30-35-25-8-6-21(29(40)41)13-26(25)39(30)20-31(9-10-31)11-12-34/h2-8,13-14H,9-11,15-20H2,1H3,(H,40,41). The molecule has 3 aliphatic rings. The van der Waals surface area contributed by atoms with Crippen LogP contribution in [0.25, 0.3) is 11.0 Å². The number of benzene rings is 2. The van der Waals surface area contributed by atoms with Crippen LogP contribution in [0.4, 0.5) is 11.8 Å². The van der Waals surface area contributed by atoms with Crippen molar-refractivity contribution >= 4 is 40.4 Å². The molecule has 0 atom stereocenters. The zero-order chi connectivity index (χ0) is 29.8. The summed E-state index contributed by atoms with van der Waals surface area (Å²) in [5.41, 5.74) is 2.79. The average Bonchev–Trinajstić information content (AvgIpc) is 3.63. The lowest BCUT2D eigenvalue weighted by Crippen LogP contribution is -2.73. The summed E-state index contributed by atoms with van der Waals surface area (Å²) in [5, 5.41) is 19.6. The van der Waals surface area contributed by atoms with Crippen molar-refractivity contribution in [3.8, 4) is 17.7 Å². The second-order valence-electron chi connectivity index (χ2n) is 12.1. The van der Waals surface area contributed by atoms with Crippen LogP contribution in [0.15, 0.2) is 54.6 Å². The minimum absolute atomic E-state index is 0.0519. The first kappa shape index (κ1) is 27.3. The lowest BCUT2D eigenvalue weighted by molar-refractivity contribution is 0.0697. The second-order valence-corrected chi connectivity index (χ2v) is 12.5. The van der Waals surface area contributed by atoms with E-state index in [4.69, 9.17) is 31.0 Å². The summed E-state index contributed by atoms with van der Waals surface area (Å²) in [6.45, 7) is 4.45. The van der Waals surface area contributed by atoms with Crippen molar-refractivity contribution in [3.05, 3.63) is 70.7 Å². The fourth-order valence-electron chi connectivity index (χ4n) is 6.33. The van der Waals surface area contributed by atoms with Gasteiger partial charge in [-0.3, -0.25) is 0 Å². The van der Waals surface area contributed by atoms with Gasteiger partial charge in [-0.15, -0.1) is 0 Å². The maximum atomic E-state index is 11.7. The maximum Gasteiger partial charge on any atom is 0.335 e. The van der Waals surface area contributed by atoms with Crippen LogP contribution in [0.2, 0.25) is 5.02 Å². The molecule has 10 nitrogen and oxygen atoms in total. The molecule has 7 rings (SSSR count). The number of nitrogens with zero attached hydrogens (tertiary/aromatic N) is 6. The van der Waals surface area contributed by atoms with E-state index in [2.05, 4.69) is 20.4 Å². The third-order valence-corrected chi connectivity index (χ3v) is 9.29.